The second-order valence-electron chi connectivity index (χ2n) is 4.59. The van der Waals surface area contributed by atoms with E-state index in [1.165, 1.54) is 6.07 Å². The van der Waals surface area contributed by atoms with Crippen molar-refractivity contribution in [1.29, 1.82) is 0 Å². The maximum atomic E-state index is 13.9. The fraction of sp³-hybridized carbons (Fsp3) is 0.250. The molecule has 0 aromatic heterocycles. The Bertz CT molecular complexity index is 568. The molecule has 0 heterocycles. The number of nitrogens with one attached hydrogen (secondary N) is 1. The third-order valence-electron chi connectivity index (χ3n) is 3.22. The van der Waals surface area contributed by atoms with Crippen LogP contribution in [-0.2, 0) is 0 Å². The van der Waals surface area contributed by atoms with Gasteiger partial charge in [-0.05, 0) is 37.1 Å². The summed E-state index contributed by atoms with van der Waals surface area (Å²) in [5.74, 6) is -0.158. The summed E-state index contributed by atoms with van der Waals surface area (Å²) < 4.78 is 14.9. The van der Waals surface area contributed by atoms with Crippen molar-refractivity contribution in [1.82, 2.24) is 0 Å². The van der Waals surface area contributed by atoms with Crippen molar-refractivity contribution in [3.63, 3.8) is 0 Å². The first-order valence-electron chi connectivity index (χ1n) is 6.39. The Morgan fingerprint density at radius 2 is 1.95 bits per heavy atom. The van der Waals surface area contributed by atoms with Gasteiger partial charge in [-0.15, -0.1) is 0 Å². The Hall–Kier alpha value is -1.35. The van der Waals surface area contributed by atoms with Gasteiger partial charge in [-0.25, -0.2) is 4.39 Å². The first-order valence-corrected chi connectivity index (χ1v) is 7.18. The Balaban J connectivity index is 2.29. The van der Waals surface area contributed by atoms with Gasteiger partial charge in [0.05, 0.1) is 6.04 Å². The van der Waals surface area contributed by atoms with Gasteiger partial charge in [0.1, 0.15) is 5.82 Å². The zero-order valence-electron chi connectivity index (χ0n) is 11.1. The highest BCUT2D eigenvalue weighted by Crippen LogP contribution is 2.28. The van der Waals surface area contributed by atoms with Crippen LogP contribution in [0.2, 0.25) is 0 Å². The van der Waals surface area contributed by atoms with E-state index in [2.05, 4.69) is 28.2 Å². The van der Waals surface area contributed by atoms with Gasteiger partial charge in [-0.2, -0.15) is 0 Å². The van der Waals surface area contributed by atoms with Crippen LogP contribution in [0.25, 0.3) is 0 Å². The molecule has 0 aliphatic carbocycles. The highest BCUT2D eigenvalue weighted by atomic mass is 79.9. The van der Waals surface area contributed by atoms with Crippen molar-refractivity contribution in [2.24, 2.45) is 0 Å². The van der Waals surface area contributed by atoms with Gasteiger partial charge < -0.3 is 5.32 Å². The lowest BCUT2D eigenvalue weighted by Crippen LogP contribution is -2.12. The average molecular weight is 322 g/mol. The molecule has 100 valence electrons. The van der Waals surface area contributed by atoms with Gasteiger partial charge >= 0.3 is 0 Å². The zero-order valence-corrected chi connectivity index (χ0v) is 12.7. The Morgan fingerprint density at radius 1 is 1.21 bits per heavy atom. The van der Waals surface area contributed by atoms with Gasteiger partial charge in [0.15, 0.2) is 0 Å². The van der Waals surface area contributed by atoms with E-state index in [-0.39, 0.29) is 11.9 Å². The lowest BCUT2D eigenvalue weighted by molar-refractivity contribution is 0.587. The molecule has 0 aliphatic rings. The first-order chi connectivity index (χ1) is 9.11. The monoisotopic (exact) mass is 321 g/mol. The fourth-order valence-corrected chi connectivity index (χ4v) is 2.46. The lowest BCUT2D eigenvalue weighted by Gasteiger charge is -2.21. The molecule has 1 atom stereocenters. The van der Waals surface area contributed by atoms with Gasteiger partial charge in [0.2, 0.25) is 0 Å². The molecule has 0 fully saturated rings. The van der Waals surface area contributed by atoms with Crippen LogP contribution in [0.1, 0.15) is 30.5 Å². The number of hydrogen-bond donors (Lipinski definition) is 1. The minimum absolute atomic E-state index is 0.0193. The Kier molecular flexibility index (Phi) is 4.59. The van der Waals surface area contributed by atoms with Crippen molar-refractivity contribution >= 4 is 21.6 Å². The number of aryl methyl sites for hydroxylation is 1. The van der Waals surface area contributed by atoms with Gasteiger partial charge in [0, 0.05) is 15.7 Å². The van der Waals surface area contributed by atoms with Crippen LogP contribution in [0.5, 0.6) is 0 Å². The molecule has 1 unspecified atom stereocenters. The molecule has 19 heavy (non-hydrogen) atoms. The topological polar surface area (TPSA) is 12.0 Å². The lowest BCUT2D eigenvalue weighted by atomic mass is 10.0. The number of halogens is 2. The van der Waals surface area contributed by atoms with Crippen LogP contribution in [-0.4, -0.2) is 0 Å². The van der Waals surface area contributed by atoms with E-state index in [0.717, 1.165) is 22.1 Å². The third kappa shape index (κ3) is 3.35. The van der Waals surface area contributed by atoms with E-state index in [1.807, 2.05) is 37.3 Å². The molecular formula is C16H17BrFN. The predicted molar refractivity (Wildman–Crippen MR) is 81.9 cm³/mol. The summed E-state index contributed by atoms with van der Waals surface area (Å²) in [5.41, 5.74) is 2.90. The normalized spacial score (nSPS) is 12.2. The van der Waals surface area contributed by atoms with Crippen LogP contribution in [0, 0.1) is 12.7 Å². The zero-order chi connectivity index (χ0) is 13.8. The van der Waals surface area contributed by atoms with Gasteiger partial charge in [0.25, 0.3) is 0 Å². The van der Waals surface area contributed by atoms with E-state index < -0.39 is 0 Å². The van der Waals surface area contributed by atoms with E-state index in [0.29, 0.717) is 5.56 Å². The summed E-state index contributed by atoms with van der Waals surface area (Å²) in [6, 6.07) is 13.0. The molecule has 0 saturated carbocycles. The van der Waals surface area contributed by atoms with Crippen LogP contribution >= 0.6 is 15.9 Å². The van der Waals surface area contributed by atoms with Crippen LogP contribution in [0.3, 0.4) is 0 Å². The van der Waals surface area contributed by atoms with Crippen LogP contribution in [0.15, 0.2) is 46.9 Å². The largest absolute Gasteiger partial charge is 0.378 e. The van der Waals surface area contributed by atoms with Gasteiger partial charge in [-0.3, -0.25) is 0 Å². The fourth-order valence-electron chi connectivity index (χ4n) is 2.09. The second-order valence-corrected chi connectivity index (χ2v) is 5.50. The van der Waals surface area contributed by atoms with Crippen molar-refractivity contribution < 1.29 is 4.39 Å². The van der Waals surface area contributed by atoms with Crippen LogP contribution in [0.4, 0.5) is 10.1 Å². The molecule has 3 heteroatoms. The molecule has 2 rings (SSSR count). The second kappa shape index (κ2) is 6.20. The first kappa shape index (κ1) is 14.1. The minimum Gasteiger partial charge on any atom is -0.378 e. The molecule has 2 aromatic rings. The molecule has 0 spiro atoms. The van der Waals surface area contributed by atoms with Crippen molar-refractivity contribution in [3.05, 3.63) is 63.9 Å². The summed E-state index contributed by atoms with van der Waals surface area (Å²) >= 11 is 3.46. The SMILES string of the molecule is CCC(Nc1cc(Br)ccc1C)c1ccccc1F. The molecular weight excluding hydrogens is 305 g/mol. The summed E-state index contributed by atoms with van der Waals surface area (Å²) in [6.07, 6.45) is 0.826. The Labute approximate surface area is 122 Å². The highest BCUT2D eigenvalue weighted by Gasteiger charge is 2.14. The summed E-state index contributed by atoms with van der Waals surface area (Å²) in [4.78, 5) is 0. The third-order valence-corrected chi connectivity index (χ3v) is 3.71. The van der Waals surface area contributed by atoms with Crippen LogP contribution < -0.4 is 5.32 Å². The van der Waals surface area contributed by atoms with Crippen molar-refractivity contribution in [3.8, 4) is 0 Å². The van der Waals surface area contributed by atoms with E-state index in [4.69, 9.17) is 0 Å². The molecule has 0 aliphatic heterocycles. The van der Waals surface area contributed by atoms with Crippen molar-refractivity contribution in [2.75, 3.05) is 5.32 Å². The molecule has 0 radical (unpaired) electrons. The molecule has 0 bridgehead atoms. The van der Waals surface area contributed by atoms with Crippen molar-refractivity contribution in [2.45, 2.75) is 26.3 Å². The molecule has 0 amide bonds. The smallest absolute Gasteiger partial charge is 0.128 e. The number of benzene rings is 2. The molecule has 2 aromatic carbocycles. The minimum atomic E-state index is -0.158. The molecule has 0 saturated heterocycles. The quantitative estimate of drug-likeness (QED) is 0.788. The molecule has 1 nitrogen and oxygen atoms in total. The number of anilines is 1. The summed E-state index contributed by atoms with van der Waals surface area (Å²) in [7, 11) is 0. The summed E-state index contributed by atoms with van der Waals surface area (Å²) in [5, 5.41) is 3.42. The highest BCUT2D eigenvalue weighted by molar-refractivity contribution is 9.10. The summed E-state index contributed by atoms with van der Waals surface area (Å²) in [6.45, 7) is 4.10. The molecule has 1 N–H and O–H groups in total. The van der Waals surface area contributed by atoms with Gasteiger partial charge in [-0.1, -0.05) is 47.1 Å². The average Bonchev–Trinajstić information content (AvgIpc) is 2.41. The number of rotatable bonds is 4. The standard InChI is InChI=1S/C16H17BrFN/c1-3-15(13-6-4-5-7-14(13)18)19-16-10-12(17)9-8-11(16)2/h4-10,15,19H,3H2,1-2H3. The maximum absolute atomic E-state index is 13.9. The van der Waals surface area contributed by atoms with E-state index in [9.17, 15) is 4.39 Å². The maximum Gasteiger partial charge on any atom is 0.128 e. The Morgan fingerprint density at radius 3 is 2.63 bits per heavy atom. The van der Waals surface area contributed by atoms with E-state index in [1.54, 1.807) is 6.07 Å². The predicted octanol–water partition coefficient (Wildman–Crippen LogP) is 5.46. The van der Waals surface area contributed by atoms with E-state index >= 15 is 0 Å². The number of hydrogen-bond acceptors (Lipinski definition) is 1.